The average molecular weight is 301 g/mol. The Bertz CT molecular complexity index is 673. The van der Waals surface area contributed by atoms with E-state index in [1.165, 1.54) is 12.1 Å². The van der Waals surface area contributed by atoms with Gasteiger partial charge in [-0.25, -0.2) is 4.39 Å². The van der Waals surface area contributed by atoms with Crippen molar-refractivity contribution >= 4 is 5.91 Å². The summed E-state index contributed by atoms with van der Waals surface area (Å²) in [6.45, 7) is 5.08. The fourth-order valence-corrected chi connectivity index (χ4v) is 3.00. The van der Waals surface area contributed by atoms with Crippen LogP contribution in [-0.2, 0) is 23.2 Å². The Labute approximate surface area is 129 Å². The first-order valence-electron chi connectivity index (χ1n) is 7.59. The molecule has 0 saturated heterocycles. The van der Waals surface area contributed by atoms with Crippen molar-refractivity contribution in [2.24, 2.45) is 0 Å². The van der Waals surface area contributed by atoms with Crippen LogP contribution in [0.1, 0.15) is 37.2 Å². The van der Waals surface area contributed by atoms with Crippen LogP contribution in [0, 0.1) is 5.82 Å². The lowest BCUT2D eigenvalue weighted by Crippen LogP contribution is -2.43. The highest BCUT2D eigenvalue weighted by Crippen LogP contribution is 2.29. The minimum Gasteiger partial charge on any atom is -0.469 e. The molecular formula is C18H20FNO2. The van der Waals surface area contributed by atoms with Gasteiger partial charge in [-0.15, -0.1) is 0 Å². The predicted molar refractivity (Wildman–Crippen MR) is 81.9 cm³/mol. The van der Waals surface area contributed by atoms with E-state index in [-0.39, 0.29) is 11.7 Å². The number of carbonyl (C=O) groups excluding carboxylic acids is 1. The number of aryl methyl sites for hydroxylation is 1. The largest absolute Gasteiger partial charge is 0.469 e. The summed E-state index contributed by atoms with van der Waals surface area (Å²) in [5.74, 6) is 0.757. The van der Waals surface area contributed by atoms with Gasteiger partial charge in [0, 0.05) is 25.1 Å². The third-order valence-electron chi connectivity index (χ3n) is 4.42. The molecule has 0 unspecified atom stereocenters. The molecule has 0 saturated carbocycles. The quantitative estimate of drug-likeness (QED) is 0.848. The van der Waals surface area contributed by atoms with E-state index in [0.717, 1.165) is 29.7 Å². The molecule has 3 rings (SSSR count). The number of hydrogen-bond acceptors (Lipinski definition) is 2. The molecule has 2 aromatic rings. The van der Waals surface area contributed by atoms with E-state index in [2.05, 4.69) is 0 Å². The van der Waals surface area contributed by atoms with Gasteiger partial charge in [-0.05, 0) is 44.0 Å². The van der Waals surface area contributed by atoms with Crippen LogP contribution in [0.25, 0.3) is 0 Å². The van der Waals surface area contributed by atoms with Crippen molar-refractivity contribution in [2.75, 3.05) is 6.54 Å². The maximum atomic E-state index is 13.1. The van der Waals surface area contributed by atoms with E-state index in [1.54, 1.807) is 18.4 Å². The summed E-state index contributed by atoms with van der Waals surface area (Å²) in [4.78, 5) is 14.9. The van der Waals surface area contributed by atoms with Crippen LogP contribution >= 0.6 is 0 Å². The van der Waals surface area contributed by atoms with E-state index >= 15 is 0 Å². The predicted octanol–water partition coefficient (Wildman–Crippen LogP) is 3.67. The van der Waals surface area contributed by atoms with Crippen LogP contribution in [0.5, 0.6) is 0 Å². The van der Waals surface area contributed by atoms with Gasteiger partial charge in [-0.1, -0.05) is 12.1 Å². The summed E-state index contributed by atoms with van der Waals surface area (Å²) >= 11 is 0. The first kappa shape index (κ1) is 14.8. The number of rotatable bonds is 2. The van der Waals surface area contributed by atoms with Gasteiger partial charge in [0.2, 0.25) is 5.91 Å². The zero-order chi connectivity index (χ0) is 15.7. The molecule has 2 heterocycles. The Morgan fingerprint density at radius 3 is 2.68 bits per heavy atom. The Hall–Kier alpha value is -2.10. The standard InChI is InChI=1S/C18H20FNO2/c1-18(2,14-5-7-15(19)8-6-14)17(21)20-10-3-4-16-13(12-20)9-11-22-16/h5-9,11H,3-4,10,12H2,1-2H3. The van der Waals surface area contributed by atoms with Crippen LogP contribution in [0.3, 0.4) is 0 Å². The molecule has 4 heteroatoms. The average Bonchev–Trinajstić information content (AvgIpc) is 2.84. The minimum atomic E-state index is -0.679. The van der Waals surface area contributed by atoms with E-state index in [4.69, 9.17) is 4.42 Å². The van der Waals surface area contributed by atoms with Crippen LogP contribution < -0.4 is 0 Å². The molecule has 0 N–H and O–H groups in total. The fourth-order valence-electron chi connectivity index (χ4n) is 3.00. The van der Waals surface area contributed by atoms with Crippen LogP contribution in [0.15, 0.2) is 41.0 Å². The Morgan fingerprint density at radius 1 is 1.23 bits per heavy atom. The van der Waals surface area contributed by atoms with Gasteiger partial charge in [0.15, 0.2) is 0 Å². The molecular weight excluding hydrogens is 281 g/mol. The Morgan fingerprint density at radius 2 is 1.95 bits per heavy atom. The zero-order valence-electron chi connectivity index (χ0n) is 12.9. The maximum absolute atomic E-state index is 13.1. The number of halogens is 1. The molecule has 1 aromatic carbocycles. The minimum absolute atomic E-state index is 0.0631. The summed E-state index contributed by atoms with van der Waals surface area (Å²) in [6.07, 6.45) is 3.44. The first-order chi connectivity index (χ1) is 10.5. The summed E-state index contributed by atoms with van der Waals surface area (Å²) < 4.78 is 18.6. The number of fused-ring (bicyclic) bond motifs is 1. The first-order valence-corrected chi connectivity index (χ1v) is 7.59. The third kappa shape index (κ3) is 2.65. The maximum Gasteiger partial charge on any atom is 0.232 e. The van der Waals surface area contributed by atoms with Crippen molar-refractivity contribution in [3.8, 4) is 0 Å². The molecule has 3 nitrogen and oxygen atoms in total. The van der Waals surface area contributed by atoms with Crippen molar-refractivity contribution in [2.45, 2.75) is 38.6 Å². The monoisotopic (exact) mass is 301 g/mol. The van der Waals surface area contributed by atoms with E-state index < -0.39 is 5.41 Å². The Kier molecular flexibility index (Phi) is 3.77. The highest BCUT2D eigenvalue weighted by atomic mass is 19.1. The Balaban J connectivity index is 1.84. The van der Waals surface area contributed by atoms with Crippen molar-refractivity contribution in [1.82, 2.24) is 4.90 Å². The van der Waals surface area contributed by atoms with Crippen molar-refractivity contribution in [3.05, 3.63) is 59.3 Å². The van der Waals surface area contributed by atoms with Crippen LogP contribution in [0.4, 0.5) is 4.39 Å². The number of hydrogen-bond donors (Lipinski definition) is 0. The second kappa shape index (κ2) is 5.59. The summed E-state index contributed by atoms with van der Waals surface area (Å²) in [5.41, 5.74) is 1.23. The van der Waals surface area contributed by atoms with Gasteiger partial charge in [0.05, 0.1) is 11.7 Å². The molecule has 1 aromatic heterocycles. The zero-order valence-corrected chi connectivity index (χ0v) is 12.9. The van der Waals surface area contributed by atoms with Gasteiger partial charge in [0.1, 0.15) is 11.6 Å². The molecule has 0 atom stereocenters. The van der Waals surface area contributed by atoms with Gasteiger partial charge < -0.3 is 9.32 Å². The molecule has 0 fully saturated rings. The molecule has 22 heavy (non-hydrogen) atoms. The van der Waals surface area contributed by atoms with Crippen molar-refractivity contribution < 1.29 is 13.6 Å². The highest BCUT2D eigenvalue weighted by molar-refractivity contribution is 5.87. The highest BCUT2D eigenvalue weighted by Gasteiger charge is 2.34. The summed E-state index contributed by atoms with van der Waals surface area (Å²) in [5, 5.41) is 0. The second-order valence-corrected chi connectivity index (χ2v) is 6.33. The number of carbonyl (C=O) groups is 1. The summed E-state index contributed by atoms with van der Waals surface area (Å²) in [7, 11) is 0. The van der Waals surface area contributed by atoms with Gasteiger partial charge in [0.25, 0.3) is 0 Å². The van der Waals surface area contributed by atoms with Crippen LogP contribution in [-0.4, -0.2) is 17.4 Å². The van der Waals surface area contributed by atoms with E-state index in [0.29, 0.717) is 13.1 Å². The molecule has 1 aliphatic rings. The van der Waals surface area contributed by atoms with E-state index in [9.17, 15) is 9.18 Å². The van der Waals surface area contributed by atoms with E-state index in [1.807, 2.05) is 24.8 Å². The number of furan rings is 1. The van der Waals surface area contributed by atoms with Gasteiger partial charge >= 0.3 is 0 Å². The molecule has 0 spiro atoms. The normalized spacial score (nSPS) is 15.3. The third-order valence-corrected chi connectivity index (χ3v) is 4.42. The van der Waals surface area contributed by atoms with Crippen molar-refractivity contribution in [1.29, 1.82) is 0 Å². The number of amides is 1. The molecule has 116 valence electrons. The summed E-state index contributed by atoms with van der Waals surface area (Å²) in [6, 6.07) is 8.12. The second-order valence-electron chi connectivity index (χ2n) is 6.33. The number of nitrogens with zero attached hydrogens (tertiary/aromatic N) is 1. The SMILES string of the molecule is CC(C)(C(=O)N1CCCc2occc2C1)c1ccc(F)cc1. The number of benzene rings is 1. The lowest BCUT2D eigenvalue weighted by atomic mass is 9.83. The molecule has 0 aliphatic carbocycles. The van der Waals surface area contributed by atoms with Gasteiger partial charge in [-0.2, -0.15) is 0 Å². The molecule has 1 amide bonds. The van der Waals surface area contributed by atoms with Crippen molar-refractivity contribution in [3.63, 3.8) is 0 Å². The lowest BCUT2D eigenvalue weighted by molar-refractivity contribution is -0.136. The molecule has 1 aliphatic heterocycles. The topological polar surface area (TPSA) is 33.5 Å². The smallest absolute Gasteiger partial charge is 0.232 e. The van der Waals surface area contributed by atoms with Gasteiger partial charge in [-0.3, -0.25) is 4.79 Å². The van der Waals surface area contributed by atoms with Crippen LogP contribution in [0.2, 0.25) is 0 Å². The fraction of sp³-hybridized carbons (Fsp3) is 0.389. The lowest BCUT2D eigenvalue weighted by Gasteiger charge is -2.31. The molecule has 0 radical (unpaired) electrons. The molecule has 0 bridgehead atoms.